The molecule has 1 aliphatic heterocycles. The summed E-state index contributed by atoms with van der Waals surface area (Å²) >= 11 is 1.31. The molecule has 43 heavy (non-hydrogen) atoms. The van der Waals surface area contributed by atoms with Crippen LogP contribution in [0.4, 0.5) is 5.69 Å². The van der Waals surface area contributed by atoms with Gasteiger partial charge in [0, 0.05) is 12.1 Å². The molecule has 1 aliphatic carbocycles. The van der Waals surface area contributed by atoms with E-state index in [4.69, 9.17) is 14.5 Å². The van der Waals surface area contributed by atoms with Crippen molar-refractivity contribution < 1.29 is 14.4 Å². The minimum Gasteiger partial charge on any atom is -0.494 e. The zero-order valence-corrected chi connectivity index (χ0v) is 24.8. The summed E-state index contributed by atoms with van der Waals surface area (Å²) in [5.74, 6) is 1.61. The summed E-state index contributed by atoms with van der Waals surface area (Å²) in [6, 6.07) is 22.0. The van der Waals surface area contributed by atoms with Gasteiger partial charge in [0.25, 0.3) is 11.2 Å². The van der Waals surface area contributed by atoms with Gasteiger partial charge in [-0.25, -0.2) is 4.99 Å². The highest BCUT2D eigenvalue weighted by Gasteiger charge is 2.32. The van der Waals surface area contributed by atoms with Crippen LogP contribution in [0.2, 0.25) is 0 Å². The van der Waals surface area contributed by atoms with E-state index in [-0.39, 0.29) is 17.3 Å². The topological polar surface area (TPSA) is 96.0 Å². The smallest absolute Gasteiger partial charge is 0.271 e. The first-order valence-electron chi connectivity index (χ1n) is 14.4. The van der Waals surface area contributed by atoms with Crippen molar-refractivity contribution in [3.8, 4) is 11.5 Å². The van der Waals surface area contributed by atoms with Gasteiger partial charge in [0.05, 0.1) is 34.4 Å². The Hall–Kier alpha value is -4.76. The van der Waals surface area contributed by atoms with Gasteiger partial charge in [-0.15, -0.1) is 0 Å². The van der Waals surface area contributed by atoms with Crippen LogP contribution in [0.3, 0.4) is 0 Å². The number of nitrogens with zero attached hydrogens (tertiary/aromatic N) is 3. The molecule has 8 nitrogen and oxygen atoms in total. The Labute approximate surface area is 252 Å². The molecule has 0 saturated carbocycles. The number of nitro benzene ring substituents is 1. The van der Waals surface area contributed by atoms with E-state index >= 15 is 0 Å². The maximum Gasteiger partial charge on any atom is 0.271 e. The number of hydrogen-bond donors (Lipinski definition) is 0. The second-order valence-corrected chi connectivity index (χ2v) is 11.3. The molecule has 1 aromatic heterocycles. The molecule has 4 aromatic rings. The second kappa shape index (κ2) is 12.2. The lowest BCUT2D eigenvalue weighted by Crippen LogP contribution is -2.39. The number of nitro groups is 1. The maximum absolute atomic E-state index is 14.0. The summed E-state index contributed by atoms with van der Waals surface area (Å²) in [5.41, 5.74) is 5.64. The lowest BCUT2D eigenvalue weighted by atomic mass is 9.84. The van der Waals surface area contributed by atoms with Crippen LogP contribution < -0.4 is 24.4 Å². The van der Waals surface area contributed by atoms with Gasteiger partial charge in [-0.3, -0.25) is 19.5 Å². The standard InChI is InChI=1S/C34H31N3O5S/c1-3-41-27-15-11-22(12-16-27)19-25-8-6-10-29-31(25)35-34-36(32(29)24-13-17-28(18-14-24)42-4-2)33(38)30(43-34)21-23-7-5-9-26(20-23)37(39)40/h5,7,9,11-21,32H,3-4,6,8,10H2,1-2H3/b25-19+,30-21-/t32-/m1/s1. The SMILES string of the molecule is CCOc1ccc(/C=C2\CCCC3=C2N=c2s/c(=C\c4cccc([N+](=O)[O-])c4)c(=O)n2[C@@H]3c2ccc(OCC)cc2)cc1. The van der Waals surface area contributed by atoms with Crippen molar-refractivity contribution in [3.63, 3.8) is 0 Å². The third-order valence-electron chi connectivity index (χ3n) is 7.55. The highest BCUT2D eigenvalue weighted by atomic mass is 32.1. The maximum atomic E-state index is 14.0. The van der Waals surface area contributed by atoms with E-state index in [0.717, 1.165) is 58.7 Å². The van der Waals surface area contributed by atoms with Crippen LogP contribution in [-0.4, -0.2) is 22.7 Å². The number of aromatic nitrogens is 1. The van der Waals surface area contributed by atoms with E-state index in [2.05, 4.69) is 6.08 Å². The molecule has 1 atom stereocenters. The van der Waals surface area contributed by atoms with E-state index in [1.807, 2.05) is 62.4 Å². The molecule has 2 heterocycles. The summed E-state index contributed by atoms with van der Waals surface area (Å²) in [6.07, 6.45) is 6.55. The number of allylic oxidation sites excluding steroid dienone is 2. The van der Waals surface area contributed by atoms with Crippen LogP contribution >= 0.6 is 11.3 Å². The zero-order valence-electron chi connectivity index (χ0n) is 24.0. The first kappa shape index (κ1) is 28.4. The highest BCUT2D eigenvalue weighted by molar-refractivity contribution is 7.07. The fourth-order valence-corrected chi connectivity index (χ4v) is 6.68. The summed E-state index contributed by atoms with van der Waals surface area (Å²) in [4.78, 5) is 30.6. The van der Waals surface area contributed by atoms with E-state index in [9.17, 15) is 14.9 Å². The first-order valence-corrected chi connectivity index (χ1v) is 15.2. The molecule has 0 fully saturated rings. The Morgan fingerprint density at radius 1 is 0.953 bits per heavy atom. The molecule has 9 heteroatoms. The summed E-state index contributed by atoms with van der Waals surface area (Å²) in [5, 5.41) is 11.3. The molecule has 2 aliphatic rings. The van der Waals surface area contributed by atoms with Crippen LogP contribution in [0.1, 0.15) is 55.8 Å². The average Bonchev–Trinajstić information content (AvgIpc) is 3.32. The average molecular weight is 594 g/mol. The minimum atomic E-state index is -0.433. The minimum absolute atomic E-state index is 0.0201. The number of hydrogen-bond acceptors (Lipinski definition) is 7. The summed E-state index contributed by atoms with van der Waals surface area (Å²) in [7, 11) is 0. The lowest BCUT2D eigenvalue weighted by molar-refractivity contribution is -0.384. The number of benzene rings is 3. The van der Waals surface area contributed by atoms with Gasteiger partial charge in [-0.05, 0) is 97.4 Å². The number of ether oxygens (including phenoxy) is 2. The van der Waals surface area contributed by atoms with E-state index in [0.29, 0.717) is 28.1 Å². The molecule has 3 aromatic carbocycles. The number of fused-ring (bicyclic) bond motifs is 1. The van der Waals surface area contributed by atoms with Crippen molar-refractivity contribution >= 4 is 29.2 Å². The molecule has 6 rings (SSSR count). The van der Waals surface area contributed by atoms with Crippen LogP contribution in [0.15, 0.2) is 99.4 Å². The van der Waals surface area contributed by atoms with Crippen molar-refractivity contribution in [1.82, 2.24) is 4.57 Å². The van der Waals surface area contributed by atoms with Crippen molar-refractivity contribution in [2.24, 2.45) is 4.99 Å². The Morgan fingerprint density at radius 3 is 2.33 bits per heavy atom. The van der Waals surface area contributed by atoms with Crippen molar-refractivity contribution in [1.29, 1.82) is 0 Å². The first-order chi connectivity index (χ1) is 20.9. The molecule has 0 unspecified atom stereocenters. The Kier molecular flexibility index (Phi) is 8.07. The van der Waals surface area contributed by atoms with Crippen molar-refractivity contribution in [3.05, 3.63) is 136 Å². The van der Waals surface area contributed by atoms with Crippen LogP contribution in [-0.2, 0) is 0 Å². The van der Waals surface area contributed by atoms with Gasteiger partial charge in [0.1, 0.15) is 11.5 Å². The fourth-order valence-electron chi connectivity index (χ4n) is 5.68. The van der Waals surface area contributed by atoms with E-state index in [1.54, 1.807) is 22.8 Å². The summed E-state index contributed by atoms with van der Waals surface area (Å²) in [6.45, 7) is 5.10. The highest BCUT2D eigenvalue weighted by Crippen LogP contribution is 2.41. The van der Waals surface area contributed by atoms with Crippen LogP contribution in [0.25, 0.3) is 12.2 Å². The molecular weight excluding hydrogens is 562 g/mol. The quantitative estimate of drug-likeness (QED) is 0.179. The lowest BCUT2D eigenvalue weighted by Gasteiger charge is -2.31. The van der Waals surface area contributed by atoms with Gasteiger partial charge >= 0.3 is 0 Å². The van der Waals surface area contributed by atoms with Crippen molar-refractivity contribution in [2.75, 3.05) is 13.2 Å². The number of non-ortho nitro benzene ring substituents is 1. The molecule has 0 amide bonds. The molecule has 0 N–H and O–H groups in total. The third kappa shape index (κ3) is 5.81. The molecule has 0 radical (unpaired) electrons. The predicted molar refractivity (Wildman–Crippen MR) is 168 cm³/mol. The van der Waals surface area contributed by atoms with E-state index in [1.165, 1.54) is 23.5 Å². The normalized spacial score (nSPS) is 17.3. The molecular formula is C34H31N3O5S. The van der Waals surface area contributed by atoms with Crippen LogP contribution in [0.5, 0.6) is 11.5 Å². The van der Waals surface area contributed by atoms with Gasteiger partial charge in [0.15, 0.2) is 4.80 Å². The van der Waals surface area contributed by atoms with Crippen LogP contribution in [0, 0.1) is 10.1 Å². The molecule has 0 spiro atoms. The van der Waals surface area contributed by atoms with Gasteiger partial charge in [-0.2, -0.15) is 0 Å². The molecule has 0 saturated heterocycles. The monoisotopic (exact) mass is 593 g/mol. The van der Waals surface area contributed by atoms with Gasteiger partial charge in [0.2, 0.25) is 0 Å². The molecule has 0 bridgehead atoms. The predicted octanol–water partition coefficient (Wildman–Crippen LogP) is 6.19. The Balaban J connectivity index is 1.51. The second-order valence-electron chi connectivity index (χ2n) is 10.3. The van der Waals surface area contributed by atoms with Crippen molar-refractivity contribution in [2.45, 2.75) is 39.2 Å². The zero-order chi connectivity index (χ0) is 29.9. The number of rotatable bonds is 8. The van der Waals surface area contributed by atoms with Gasteiger partial charge in [-0.1, -0.05) is 47.7 Å². The largest absolute Gasteiger partial charge is 0.494 e. The number of thiazole rings is 1. The van der Waals surface area contributed by atoms with Gasteiger partial charge < -0.3 is 9.47 Å². The van der Waals surface area contributed by atoms with E-state index < -0.39 is 4.92 Å². The Morgan fingerprint density at radius 2 is 1.65 bits per heavy atom. The Bertz CT molecular complexity index is 1920. The fraction of sp³-hybridized carbons (Fsp3) is 0.235. The molecule has 218 valence electrons. The third-order valence-corrected chi connectivity index (χ3v) is 8.53. The summed E-state index contributed by atoms with van der Waals surface area (Å²) < 4.78 is 13.6.